The van der Waals surface area contributed by atoms with Crippen molar-refractivity contribution >= 4 is 49.9 Å². The number of nitrogens with zero attached hydrogens (tertiary/aromatic N) is 1. The van der Waals surface area contributed by atoms with Gasteiger partial charge in [0, 0.05) is 14.5 Å². The number of ether oxygens (including phenoxy) is 1. The average Bonchev–Trinajstić information content (AvgIpc) is 2.79. The lowest BCUT2D eigenvalue weighted by Crippen LogP contribution is -2.43. The van der Waals surface area contributed by atoms with Crippen LogP contribution in [0.25, 0.3) is 0 Å². The van der Waals surface area contributed by atoms with E-state index >= 15 is 0 Å². The molecule has 0 bridgehead atoms. The van der Waals surface area contributed by atoms with Crippen molar-refractivity contribution in [3.8, 4) is 5.75 Å². The molecule has 0 saturated carbocycles. The van der Waals surface area contributed by atoms with Crippen LogP contribution in [0.1, 0.15) is 28.4 Å². The normalized spacial score (nSPS) is 11.7. The molecule has 8 heteroatoms. The summed E-state index contributed by atoms with van der Waals surface area (Å²) in [4.78, 5) is 24.7. The Bertz CT molecular complexity index is 1120. The highest BCUT2D eigenvalue weighted by Gasteiger charge is 2.17. The number of carbonyl (C=O) groups is 2. The largest absolute Gasteiger partial charge is 0.488 e. The first-order valence-electron chi connectivity index (χ1n) is 9.78. The van der Waals surface area contributed by atoms with Crippen LogP contribution in [0.4, 0.5) is 0 Å². The van der Waals surface area contributed by atoms with Crippen molar-refractivity contribution in [1.29, 1.82) is 0 Å². The van der Waals surface area contributed by atoms with Crippen LogP contribution in [0.2, 0.25) is 0 Å². The second-order valence-electron chi connectivity index (χ2n) is 6.86. The average molecular weight is 559 g/mol. The van der Waals surface area contributed by atoms with Gasteiger partial charge in [-0.25, -0.2) is 5.43 Å². The highest BCUT2D eigenvalue weighted by Crippen LogP contribution is 2.19. The molecule has 1 unspecified atom stereocenters. The van der Waals surface area contributed by atoms with Crippen molar-refractivity contribution < 1.29 is 14.3 Å². The Morgan fingerprint density at radius 3 is 2.44 bits per heavy atom. The molecule has 32 heavy (non-hydrogen) atoms. The predicted molar refractivity (Wildman–Crippen MR) is 132 cm³/mol. The van der Waals surface area contributed by atoms with E-state index in [1.807, 2.05) is 54.6 Å². The summed E-state index contributed by atoms with van der Waals surface area (Å²) in [5, 5.41) is 6.67. The maximum absolute atomic E-state index is 12.3. The van der Waals surface area contributed by atoms with Crippen LogP contribution in [0.5, 0.6) is 5.75 Å². The number of benzene rings is 3. The third kappa shape index (κ3) is 6.77. The lowest BCUT2D eigenvalue weighted by atomic mass is 10.2. The Morgan fingerprint density at radius 2 is 1.69 bits per heavy atom. The topological polar surface area (TPSA) is 79.8 Å². The molecule has 0 heterocycles. The summed E-state index contributed by atoms with van der Waals surface area (Å²) >= 11 is 6.74. The highest BCUT2D eigenvalue weighted by atomic mass is 79.9. The maximum Gasteiger partial charge on any atom is 0.262 e. The summed E-state index contributed by atoms with van der Waals surface area (Å²) < 4.78 is 7.56. The number of halogens is 2. The molecule has 6 nitrogen and oxygen atoms in total. The van der Waals surface area contributed by atoms with E-state index in [4.69, 9.17) is 4.74 Å². The third-order valence-electron chi connectivity index (χ3n) is 4.46. The quantitative estimate of drug-likeness (QED) is 0.299. The van der Waals surface area contributed by atoms with E-state index in [2.05, 4.69) is 47.7 Å². The molecule has 0 saturated heterocycles. The molecule has 0 spiro atoms. The van der Waals surface area contributed by atoms with E-state index < -0.39 is 11.9 Å². The number of hydrazone groups is 1. The van der Waals surface area contributed by atoms with E-state index in [-0.39, 0.29) is 5.91 Å². The van der Waals surface area contributed by atoms with Gasteiger partial charge < -0.3 is 10.1 Å². The van der Waals surface area contributed by atoms with Crippen molar-refractivity contribution in [2.24, 2.45) is 5.10 Å². The van der Waals surface area contributed by atoms with Gasteiger partial charge in [-0.1, -0.05) is 52.3 Å². The molecule has 0 aliphatic carbocycles. The molecule has 3 aromatic rings. The van der Waals surface area contributed by atoms with Crippen LogP contribution >= 0.6 is 31.9 Å². The van der Waals surface area contributed by atoms with Gasteiger partial charge in [-0.2, -0.15) is 5.10 Å². The van der Waals surface area contributed by atoms with E-state index in [9.17, 15) is 9.59 Å². The Balaban J connectivity index is 1.56. The van der Waals surface area contributed by atoms with Gasteiger partial charge in [-0.05, 0) is 64.8 Å². The molecule has 0 fully saturated rings. The summed E-state index contributed by atoms with van der Waals surface area (Å²) in [7, 11) is 0. The lowest BCUT2D eigenvalue weighted by molar-refractivity contribution is -0.122. The minimum absolute atomic E-state index is 0.351. The summed E-state index contributed by atoms with van der Waals surface area (Å²) in [5.74, 6) is -0.144. The molecule has 0 aliphatic heterocycles. The number of amides is 2. The van der Waals surface area contributed by atoms with E-state index in [0.29, 0.717) is 22.4 Å². The van der Waals surface area contributed by atoms with Crippen LogP contribution in [0.3, 0.4) is 0 Å². The fourth-order valence-electron chi connectivity index (χ4n) is 2.71. The van der Waals surface area contributed by atoms with Gasteiger partial charge in [-0.15, -0.1) is 0 Å². The van der Waals surface area contributed by atoms with Crippen LogP contribution in [-0.2, 0) is 11.4 Å². The van der Waals surface area contributed by atoms with Crippen LogP contribution in [0.15, 0.2) is 86.8 Å². The number of hydrogen-bond donors (Lipinski definition) is 2. The number of hydrogen-bond acceptors (Lipinski definition) is 4. The van der Waals surface area contributed by atoms with E-state index in [1.54, 1.807) is 25.1 Å². The number of nitrogens with one attached hydrogen (secondary N) is 2. The van der Waals surface area contributed by atoms with Crippen molar-refractivity contribution in [2.45, 2.75) is 19.6 Å². The van der Waals surface area contributed by atoms with Gasteiger partial charge in [0.15, 0.2) is 0 Å². The molecule has 0 aromatic heterocycles. The zero-order valence-corrected chi connectivity index (χ0v) is 20.4. The minimum atomic E-state index is -0.768. The smallest absolute Gasteiger partial charge is 0.262 e. The second-order valence-corrected chi connectivity index (χ2v) is 8.63. The van der Waals surface area contributed by atoms with Crippen molar-refractivity contribution in [1.82, 2.24) is 10.7 Å². The van der Waals surface area contributed by atoms with Gasteiger partial charge in [-0.3, -0.25) is 9.59 Å². The first-order chi connectivity index (χ1) is 15.4. The van der Waals surface area contributed by atoms with Crippen LogP contribution < -0.4 is 15.5 Å². The standard InChI is InChI=1S/C24H21Br2N3O3/c1-16(28-24(31)20-7-3-4-8-21(20)26)23(30)29-27-14-18-6-2-5-9-22(18)32-15-17-10-12-19(25)13-11-17/h2-14,16H,15H2,1H3,(H,28,31)(H,29,30). The Morgan fingerprint density at radius 1 is 1.00 bits per heavy atom. The van der Waals surface area contributed by atoms with Gasteiger partial charge in [0.25, 0.3) is 11.8 Å². The van der Waals surface area contributed by atoms with Gasteiger partial charge in [0.2, 0.25) is 0 Å². The molecule has 3 rings (SSSR count). The van der Waals surface area contributed by atoms with Crippen molar-refractivity contribution in [3.05, 3.63) is 98.4 Å². The summed E-state index contributed by atoms with van der Waals surface area (Å²) in [5.41, 5.74) is 4.65. The Kier molecular flexibility index (Phi) is 8.58. The lowest BCUT2D eigenvalue weighted by Gasteiger charge is -2.13. The zero-order valence-electron chi connectivity index (χ0n) is 17.2. The molecule has 0 radical (unpaired) electrons. The Hall–Kier alpha value is -2.97. The fourth-order valence-corrected chi connectivity index (χ4v) is 3.44. The van der Waals surface area contributed by atoms with E-state index in [1.165, 1.54) is 6.21 Å². The SMILES string of the molecule is CC(NC(=O)c1ccccc1Br)C(=O)NN=Cc1ccccc1OCc1ccc(Br)cc1. The first-order valence-corrected chi connectivity index (χ1v) is 11.4. The van der Waals surface area contributed by atoms with Gasteiger partial charge in [0.05, 0.1) is 11.8 Å². The molecular formula is C24H21Br2N3O3. The van der Waals surface area contributed by atoms with E-state index in [0.717, 1.165) is 15.6 Å². The first kappa shape index (κ1) is 23.7. The molecule has 0 aliphatic rings. The minimum Gasteiger partial charge on any atom is -0.488 e. The van der Waals surface area contributed by atoms with Crippen LogP contribution in [0, 0.1) is 0 Å². The van der Waals surface area contributed by atoms with Crippen molar-refractivity contribution in [3.63, 3.8) is 0 Å². The zero-order chi connectivity index (χ0) is 22.9. The van der Waals surface area contributed by atoms with Crippen molar-refractivity contribution in [2.75, 3.05) is 0 Å². The number of rotatable bonds is 8. The van der Waals surface area contributed by atoms with Gasteiger partial charge >= 0.3 is 0 Å². The third-order valence-corrected chi connectivity index (χ3v) is 5.68. The molecule has 1 atom stereocenters. The molecule has 2 N–H and O–H groups in total. The predicted octanol–water partition coefficient (Wildman–Crippen LogP) is 5.06. The molecule has 2 amide bonds. The molecule has 164 valence electrons. The van der Waals surface area contributed by atoms with Gasteiger partial charge in [0.1, 0.15) is 18.4 Å². The molecular weight excluding hydrogens is 538 g/mol. The summed E-state index contributed by atoms with van der Waals surface area (Å²) in [6.45, 7) is 2.00. The maximum atomic E-state index is 12.3. The number of carbonyl (C=O) groups excluding carboxylic acids is 2. The second kappa shape index (κ2) is 11.6. The Labute approximate surface area is 203 Å². The molecule has 3 aromatic carbocycles. The number of para-hydroxylation sites is 1. The highest BCUT2D eigenvalue weighted by molar-refractivity contribution is 9.10. The van der Waals surface area contributed by atoms with Crippen LogP contribution in [-0.4, -0.2) is 24.1 Å². The fraction of sp³-hybridized carbons (Fsp3) is 0.125. The summed E-state index contributed by atoms with van der Waals surface area (Å²) in [6, 6.07) is 21.5. The monoisotopic (exact) mass is 557 g/mol. The summed E-state index contributed by atoms with van der Waals surface area (Å²) in [6.07, 6.45) is 1.51.